The number of Topliss-reactive ketones (excluding diaryl/α,β-unsaturated/α-hetero) is 1. The van der Waals surface area contributed by atoms with Gasteiger partial charge in [-0.05, 0) is 144 Å². The van der Waals surface area contributed by atoms with Crippen LogP contribution in [0.25, 0.3) is 5.57 Å². The van der Waals surface area contributed by atoms with E-state index in [4.69, 9.17) is 33.9 Å². The third-order valence-corrected chi connectivity index (χ3v) is 20.4. The predicted molar refractivity (Wildman–Crippen MR) is 310 cm³/mol. The average Bonchev–Trinajstić information content (AvgIpc) is 2.14. The van der Waals surface area contributed by atoms with Crippen molar-refractivity contribution in [2.24, 2.45) is 41.4 Å². The van der Waals surface area contributed by atoms with Gasteiger partial charge in [-0.15, -0.1) is 0 Å². The van der Waals surface area contributed by atoms with Gasteiger partial charge in [0.2, 0.25) is 5.79 Å². The van der Waals surface area contributed by atoms with Crippen LogP contribution >= 0.6 is 11.8 Å². The first-order valence-corrected chi connectivity index (χ1v) is 30.9. The molecule has 2 spiro atoms. The van der Waals surface area contributed by atoms with Crippen LogP contribution in [0.15, 0.2) is 88.2 Å². The number of aliphatic hydroxyl groups excluding tert-OH is 2. The predicted octanol–water partition coefficient (Wildman–Crippen LogP) is 6.25. The number of rotatable bonds is 14. The number of hydrogen-bond acceptors (Lipinski definition) is 15. The fourth-order valence-corrected chi connectivity index (χ4v) is 15.0. The van der Waals surface area contributed by atoms with Crippen LogP contribution in [0.4, 0.5) is 0 Å². The SMILES string of the molecule is CCC(C(=O)[O-])C1CCC(C)C(C(C)C(O)C(C)C(=O)C(CC)C2OC3(C=CC(O)C4(CCC(C)(C5CCC(O)(CC)C(C)O5)O4)O3)C(C)CC2C)O1.CN1CCC(=C2c3ccccc3Sc3ccccc32)CC1.O=C(O)C=CC(=O)O.[Na+]. The van der Waals surface area contributed by atoms with E-state index in [0.717, 1.165) is 6.42 Å². The summed E-state index contributed by atoms with van der Waals surface area (Å²) in [6, 6.07) is 17.7. The molecule has 18 atom stereocenters. The summed E-state index contributed by atoms with van der Waals surface area (Å²) in [5.74, 6) is -8.75. The molecule has 2 aromatic rings. The molecule has 0 aromatic heterocycles. The van der Waals surface area contributed by atoms with Crippen LogP contribution in [0, 0.1) is 41.4 Å². The summed E-state index contributed by atoms with van der Waals surface area (Å²) < 4.78 is 33.4. The number of ketones is 1. The van der Waals surface area contributed by atoms with Gasteiger partial charge in [-0.25, -0.2) is 9.59 Å². The molecule has 2 aromatic carbocycles. The fourth-order valence-electron chi connectivity index (χ4n) is 13.9. The van der Waals surface area contributed by atoms with Crippen molar-refractivity contribution in [2.45, 2.75) is 222 Å². The molecule has 7 aliphatic heterocycles. The zero-order chi connectivity index (χ0) is 60.1. The number of nitrogens with zero attached hydrogens (tertiary/aromatic N) is 1. The molecular formula is C65H92NNaO15S. The summed E-state index contributed by atoms with van der Waals surface area (Å²) in [7, 11) is 2.22. The quantitative estimate of drug-likeness (QED) is 0.0681. The van der Waals surface area contributed by atoms with Crippen molar-refractivity contribution in [1.29, 1.82) is 0 Å². The first kappa shape index (κ1) is 68.8. The number of benzene rings is 2. The number of carbonyl (C=O) groups excluding carboxylic acids is 2. The number of fused-ring (bicyclic) bond motifs is 2. The molecule has 16 nitrogen and oxygen atoms in total. The summed E-state index contributed by atoms with van der Waals surface area (Å²) in [6.45, 7) is 21.9. The van der Waals surface area contributed by atoms with Gasteiger partial charge >= 0.3 is 41.5 Å². The molecule has 454 valence electrons. The van der Waals surface area contributed by atoms with Crippen LogP contribution < -0.4 is 34.7 Å². The molecule has 5 fully saturated rings. The van der Waals surface area contributed by atoms with Crippen molar-refractivity contribution in [3.63, 3.8) is 0 Å². The van der Waals surface area contributed by atoms with Gasteiger partial charge in [0.1, 0.15) is 11.9 Å². The smallest absolute Gasteiger partial charge is 0.550 e. The topological polar surface area (TPSA) is 242 Å². The zero-order valence-corrected chi connectivity index (χ0v) is 53.9. The first-order chi connectivity index (χ1) is 38.8. The molecule has 5 saturated heterocycles. The zero-order valence-electron chi connectivity index (χ0n) is 51.1. The summed E-state index contributed by atoms with van der Waals surface area (Å²) in [5.41, 5.74) is 4.37. The Morgan fingerprint density at radius 1 is 0.807 bits per heavy atom. The number of ether oxygens (including phenoxy) is 5. The van der Waals surface area contributed by atoms with E-state index in [2.05, 4.69) is 81.2 Å². The fraction of sp³-hybridized carbons (Fsp3) is 0.662. The van der Waals surface area contributed by atoms with Crippen LogP contribution in [-0.2, 0) is 42.9 Å². The third kappa shape index (κ3) is 15.4. The minimum Gasteiger partial charge on any atom is -0.550 e. The number of aliphatic carboxylic acids is 3. The van der Waals surface area contributed by atoms with Gasteiger partial charge in [0.15, 0.2) is 5.79 Å². The normalized spacial score (nSPS) is 35.0. The molecule has 18 heteroatoms. The maximum atomic E-state index is 14.4. The largest absolute Gasteiger partial charge is 1.00 e. The Hall–Kier alpha value is -3.27. The Balaban J connectivity index is 0.000000299. The Labute approximate surface area is 518 Å². The number of piperidine rings is 1. The van der Waals surface area contributed by atoms with E-state index < -0.39 is 94.9 Å². The van der Waals surface area contributed by atoms with E-state index in [1.165, 1.54) is 52.4 Å². The van der Waals surface area contributed by atoms with Gasteiger partial charge in [0, 0.05) is 77.0 Å². The summed E-state index contributed by atoms with van der Waals surface area (Å²) in [6.07, 6.45) is 8.72. The molecular weight excluding hydrogens is 1090 g/mol. The second-order valence-corrected chi connectivity index (χ2v) is 25.9. The Morgan fingerprint density at radius 3 is 1.94 bits per heavy atom. The molecule has 9 rings (SSSR count). The van der Waals surface area contributed by atoms with E-state index >= 15 is 0 Å². The second-order valence-electron chi connectivity index (χ2n) is 24.8. The average molecular weight is 1180 g/mol. The van der Waals surface area contributed by atoms with E-state index in [-0.39, 0.29) is 65.3 Å². The number of aliphatic hydroxyl groups is 3. The van der Waals surface area contributed by atoms with Crippen LogP contribution in [0.1, 0.15) is 157 Å². The Kier molecular flexibility index (Phi) is 24.2. The number of hydrogen-bond donors (Lipinski definition) is 5. The number of carboxylic acid groups (broad SMARTS) is 3. The molecule has 7 heterocycles. The van der Waals surface area contributed by atoms with Crippen molar-refractivity contribution in [1.82, 2.24) is 4.90 Å². The molecule has 0 saturated carbocycles. The first-order valence-electron chi connectivity index (χ1n) is 30.1. The van der Waals surface area contributed by atoms with E-state index in [1.807, 2.05) is 53.3 Å². The molecule has 18 unspecified atom stereocenters. The van der Waals surface area contributed by atoms with Gasteiger partial charge in [0.05, 0.1) is 47.8 Å². The second kappa shape index (κ2) is 29.2. The monoisotopic (exact) mass is 1180 g/mol. The van der Waals surface area contributed by atoms with Gasteiger partial charge < -0.3 is 64.0 Å². The third-order valence-electron chi connectivity index (χ3n) is 19.3. The summed E-state index contributed by atoms with van der Waals surface area (Å²) in [4.78, 5) is 50.6. The number of likely N-dealkylation sites (tertiary alicyclic amines) is 1. The Morgan fingerprint density at radius 2 is 1.40 bits per heavy atom. The van der Waals surface area contributed by atoms with E-state index in [0.29, 0.717) is 69.9 Å². The molecule has 5 N–H and O–H groups in total. The van der Waals surface area contributed by atoms with Gasteiger partial charge in [-0.1, -0.05) is 109 Å². The molecule has 0 radical (unpaired) electrons. The maximum Gasteiger partial charge on any atom is 1.00 e. The molecule has 83 heavy (non-hydrogen) atoms. The number of carbonyl (C=O) groups is 4. The minimum atomic E-state index is -1.37. The van der Waals surface area contributed by atoms with Gasteiger partial charge in [-0.3, -0.25) is 4.79 Å². The molecule has 0 aliphatic carbocycles. The number of carboxylic acids is 3. The minimum absolute atomic E-state index is 0. The summed E-state index contributed by atoms with van der Waals surface area (Å²) in [5, 5.41) is 61.6. The van der Waals surface area contributed by atoms with Gasteiger partial charge in [0.25, 0.3) is 0 Å². The van der Waals surface area contributed by atoms with Crippen LogP contribution in [0.2, 0.25) is 0 Å². The van der Waals surface area contributed by atoms with Crippen molar-refractivity contribution in [3.05, 3.63) is 89.5 Å². The van der Waals surface area contributed by atoms with Crippen LogP contribution in [0.5, 0.6) is 0 Å². The van der Waals surface area contributed by atoms with Crippen molar-refractivity contribution in [2.75, 3.05) is 20.1 Å². The van der Waals surface area contributed by atoms with E-state index in [9.17, 15) is 39.6 Å². The summed E-state index contributed by atoms with van der Waals surface area (Å²) >= 11 is 1.91. The standard InChI is InChI=1S/C42H70O11.C19H19NS.C4H4O4.Na/c1-11-29(38(46)47)31-15-14-23(4)36(50-31)27(8)34(44)26(7)35(45)30(12-2)37-24(5)22-25(6)41(51-37)19-16-32(43)42(53-41)21-20-39(10,52-42)33-17-18-40(48,13-3)28(9)49-33;1-20-12-10-14(11-13-20)19-15-6-2-4-8-17(15)21-18-9-5-3-7-16(18)19;5-3(6)1-2-4(7)8;/h16,19,23-34,36-37,43-44,48H,11-15,17-18,20-22H2,1-10H3,(H,46,47);2-9H,10-13H2,1H3;1-2H,(H,5,6)(H,7,8);/q;;;+1/p-1. The van der Waals surface area contributed by atoms with Crippen molar-refractivity contribution in [3.8, 4) is 0 Å². The van der Waals surface area contributed by atoms with Gasteiger partial charge in [-0.2, -0.15) is 0 Å². The Bertz CT molecular complexity index is 2590. The molecule has 7 aliphatic rings. The van der Waals surface area contributed by atoms with Crippen molar-refractivity contribution < 1.29 is 103 Å². The molecule has 0 amide bonds. The van der Waals surface area contributed by atoms with E-state index in [1.54, 1.807) is 24.6 Å². The molecule has 0 bridgehead atoms. The van der Waals surface area contributed by atoms with Crippen LogP contribution in [-0.4, -0.2) is 140 Å². The van der Waals surface area contributed by atoms with Crippen LogP contribution in [0.3, 0.4) is 0 Å². The maximum absolute atomic E-state index is 14.4. The van der Waals surface area contributed by atoms with Crippen molar-refractivity contribution >= 4 is 41.0 Å².